The summed E-state index contributed by atoms with van der Waals surface area (Å²) >= 11 is 0. The highest BCUT2D eigenvalue weighted by Gasteiger charge is 2.72. The van der Waals surface area contributed by atoms with Crippen molar-refractivity contribution < 1.29 is 14.3 Å². The van der Waals surface area contributed by atoms with E-state index in [1.165, 1.54) is 5.56 Å². The first kappa shape index (κ1) is 11.7. The molecule has 0 unspecified atom stereocenters. The van der Waals surface area contributed by atoms with Crippen LogP contribution in [0, 0.1) is 11.3 Å². The van der Waals surface area contributed by atoms with Gasteiger partial charge in [-0.05, 0) is 25.3 Å². The van der Waals surface area contributed by atoms with Gasteiger partial charge in [0.05, 0.1) is 18.6 Å². The van der Waals surface area contributed by atoms with Crippen LogP contribution in [0.4, 0.5) is 0 Å². The third kappa shape index (κ3) is 1.74. The molecule has 2 aliphatic rings. The number of hydrogen-bond acceptors (Lipinski definition) is 3. The molecule has 2 fully saturated rings. The number of carbonyl (C=O) groups is 1. The maximum atomic E-state index is 11.9. The predicted molar refractivity (Wildman–Crippen MR) is 67.1 cm³/mol. The van der Waals surface area contributed by atoms with Gasteiger partial charge in [-0.25, -0.2) is 0 Å². The summed E-state index contributed by atoms with van der Waals surface area (Å²) in [6, 6.07) is 10.3. The second-order valence-corrected chi connectivity index (χ2v) is 5.17. The lowest BCUT2D eigenvalue weighted by molar-refractivity contribution is -0.147. The summed E-state index contributed by atoms with van der Waals surface area (Å²) in [5.74, 6) is -0.135. The Hall–Kier alpha value is -1.35. The molecule has 0 N–H and O–H groups in total. The van der Waals surface area contributed by atoms with Gasteiger partial charge in [0.25, 0.3) is 0 Å². The summed E-state index contributed by atoms with van der Waals surface area (Å²) in [6.07, 6.45) is 1.97. The van der Waals surface area contributed by atoms with Crippen LogP contribution in [0.5, 0.6) is 0 Å². The minimum atomic E-state index is -0.0851. The van der Waals surface area contributed by atoms with Crippen molar-refractivity contribution >= 4 is 5.97 Å². The lowest BCUT2D eigenvalue weighted by atomic mass is 9.91. The molecule has 0 radical (unpaired) electrons. The number of esters is 1. The molecule has 3 atom stereocenters. The van der Waals surface area contributed by atoms with Crippen LogP contribution in [0.2, 0.25) is 0 Å². The summed E-state index contributed by atoms with van der Waals surface area (Å²) in [4.78, 5) is 11.9. The van der Waals surface area contributed by atoms with Gasteiger partial charge in [-0.2, -0.15) is 0 Å². The van der Waals surface area contributed by atoms with Crippen LogP contribution < -0.4 is 0 Å². The molecule has 0 bridgehead atoms. The smallest absolute Gasteiger partial charge is 0.312 e. The maximum absolute atomic E-state index is 11.9. The van der Waals surface area contributed by atoms with Crippen LogP contribution >= 0.6 is 0 Å². The molecule has 0 aromatic heterocycles. The van der Waals surface area contributed by atoms with Crippen molar-refractivity contribution in [3.05, 3.63) is 35.9 Å². The molecule has 3 nitrogen and oxygen atoms in total. The number of rotatable bonds is 4. The highest BCUT2D eigenvalue weighted by atomic mass is 16.5. The SMILES string of the molecule is CCOC(=O)[C@H]1[C@H]2OCC[C@]21Cc1ccccc1. The average molecular weight is 246 g/mol. The second-order valence-electron chi connectivity index (χ2n) is 5.17. The summed E-state index contributed by atoms with van der Waals surface area (Å²) in [5.41, 5.74) is 1.29. The Labute approximate surface area is 107 Å². The molecular formula is C15H18O3. The highest BCUT2D eigenvalue weighted by Crippen LogP contribution is 2.63. The van der Waals surface area contributed by atoms with Gasteiger partial charge in [-0.15, -0.1) is 0 Å². The summed E-state index contributed by atoms with van der Waals surface area (Å²) in [7, 11) is 0. The molecule has 18 heavy (non-hydrogen) atoms. The molecule has 1 saturated heterocycles. The molecule has 1 aromatic carbocycles. The van der Waals surface area contributed by atoms with Crippen LogP contribution in [-0.2, 0) is 20.7 Å². The quantitative estimate of drug-likeness (QED) is 0.764. The lowest BCUT2D eigenvalue weighted by Crippen LogP contribution is -2.17. The standard InChI is InChI=1S/C15H18O3/c1-2-17-14(16)12-13-15(12,8-9-18-13)10-11-6-4-3-5-7-11/h3-7,12-13H,2,8-10H2,1H3/t12-,13-,15-/m1/s1. The van der Waals surface area contributed by atoms with E-state index < -0.39 is 0 Å². The van der Waals surface area contributed by atoms with Crippen LogP contribution in [0.3, 0.4) is 0 Å². The van der Waals surface area contributed by atoms with Crippen LogP contribution in [0.1, 0.15) is 18.9 Å². The lowest BCUT2D eigenvalue weighted by Gasteiger charge is -2.13. The van der Waals surface area contributed by atoms with Crippen molar-refractivity contribution in [2.45, 2.75) is 25.9 Å². The summed E-state index contributed by atoms with van der Waals surface area (Å²) in [5, 5.41) is 0. The number of ether oxygens (including phenoxy) is 2. The molecule has 0 spiro atoms. The van der Waals surface area contributed by atoms with Crippen molar-refractivity contribution in [2.24, 2.45) is 11.3 Å². The first-order chi connectivity index (χ1) is 8.78. The largest absolute Gasteiger partial charge is 0.466 e. The van der Waals surface area contributed by atoms with E-state index in [9.17, 15) is 4.79 Å². The minimum absolute atomic E-state index is 0.00755. The zero-order valence-electron chi connectivity index (χ0n) is 10.6. The molecule has 96 valence electrons. The molecule has 3 heteroatoms. The van der Waals surface area contributed by atoms with Crippen molar-refractivity contribution in [3.8, 4) is 0 Å². The molecule has 3 rings (SSSR count). The summed E-state index contributed by atoms with van der Waals surface area (Å²) < 4.78 is 10.8. The fraction of sp³-hybridized carbons (Fsp3) is 0.533. The number of hydrogen-bond donors (Lipinski definition) is 0. The minimum Gasteiger partial charge on any atom is -0.466 e. The van der Waals surface area contributed by atoms with E-state index >= 15 is 0 Å². The Balaban J connectivity index is 1.75. The Kier molecular flexibility index (Phi) is 2.86. The molecule has 0 amide bonds. The van der Waals surface area contributed by atoms with E-state index in [0.29, 0.717) is 6.61 Å². The Morgan fingerprint density at radius 2 is 2.22 bits per heavy atom. The second kappa shape index (κ2) is 4.39. The third-order valence-corrected chi connectivity index (χ3v) is 4.16. The van der Waals surface area contributed by atoms with Crippen LogP contribution in [-0.4, -0.2) is 25.3 Å². The molecule has 1 aliphatic heterocycles. The maximum Gasteiger partial charge on any atom is 0.312 e. The fourth-order valence-corrected chi connectivity index (χ4v) is 3.25. The van der Waals surface area contributed by atoms with Gasteiger partial charge in [-0.1, -0.05) is 30.3 Å². The molecule has 1 saturated carbocycles. The van der Waals surface area contributed by atoms with E-state index in [1.54, 1.807) is 0 Å². The van der Waals surface area contributed by atoms with Gasteiger partial charge in [0.1, 0.15) is 0 Å². The van der Waals surface area contributed by atoms with Crippen molar-refractivity contribution in [1.29, 1.82) is 0 Å². The molecule has 1 aliphatic carbocycles. The van der Waals surface area contributed by atoms with Gasteiger partial charge in [0.2, 0.25) is 0 Å². The number of benzene rings is 1. The first-order valence-electron chi connectivity index (χ1n) is 6.60. The highest BCUT2D eigenvalue weighted by molar-refractivity contribution is 5.79. The van der Waals surface area contributed by atoms with E-state index in [-0.39, 0.29) is 23.4 Å². The van der Waals surface area contributed by atoms with E-state index in [2.05, 4.69) is 12.1 Å². The topological polar surface area (TPSA) is 35.5 Å². The van der Waals surface area contributed by atoms with E-state index in [4.69, 9.17) is 9.47 Å². The Bertz CT molecular complexity index is 442. The third-order valence-electron chi connectivity index (χ3n) is 4.16. The molecular weight excluding hydrogens is 228 g/mol. The molecule has 1 aromatic rings. The van der Waals surface area contributed by atoms with Gasteiger partial charge in [0.15, 0.2) is 0 Å². The van der Waals surface area contributed by atoms with Gasteiger partial charge >= 0.3 is 5.97 Å². The van der Waals surface area contributed by atoms with Gasteiger partial charge in [0, 0.05) is 12.0 Å². The number of fused-ring (bicyclic) bond motifs is 1. The van der Waals surface area contributed by atoms with E-state index in [0.717, 1.165) is 19.4 Å². The van der Waals surface area contributed by atoms with Crippen molar-refractivity contribution in [1.82, 2.24) is 0 Å². The average Bonchev–Trinajstić information content (AvgIpc) is 2.79. The zero-order chi connectivity index (χ0) is 12.6. The zero-order valence-corrected chi connectivity index (χ0v) is 10.6. The van der Waals surface area contributed by atoms with Gasteiger partial charge < -0.3 is 9.47 Å². The number of carbonyl (C=O) groups excluding carboxylic acids is 1. The Morgan fingerprint density at radius 3 is 2.94 bits per heavy atom. The van der Waals surface area contributed by atoms with Gasteiger partial charge in [-0.3, -0.25) is 4.79 Å². The first-order valence-corrected chi connectivity index (χ1v) is 6.60. The Morgan fingerprint density at radius 1 is 1.44 bits per heavy atom. The summed E-state index contributed by atoms with van der Waals surface area (Å²) in [6.45, 7) is 3.07. The molecule has 1 heterocycles. The predicted octanol–water partition coefficient (Wildman–Crippen LogP) is 2.20. The van der Waals surface area contributed by atoms with Crippen LogP contribution in [0.25, 0.3) is 0 Å². The monoisotopic (exact) mass is 246 g/mol. The van der Waals surface area contributed by atoms with E-state index in [1.807, 2.05) is 25.1 Å². The van der Waals surface area contributed by atoms with Crippen LogP contribution in [0.15, 0.2) is 30.3 Å². The normalized spacial score (nSPS) is 32.9. The van der Waals surface area contributed by atoms with Crippen molar-refractivity contribution in [3.63, 3.8) is 0 Å². The fourth-order valence-electron chi connectivity index (χ4n) is 3.25. The van der Waals surface area contributed by atoms with Crippen molar-refractivity contribution in [2.75, 3.05) is 13.2 Å².